The fraction of sp³-hybridized carbons (Fsp3) is 0.267. The summed E-state index contributed by atoms with van der Waals surface area (Å²) in [6.07, 6.45) is -0.774. The van der Waals surface area contributed by atoms with Gasteiger partial charge in [0.05, 0.1) is 42.6 Å². The minimum Gasteiger partial charge on any atom is -0.465 e. The molecule has 0 saturated carbocycles. The highest BCUT2D eigenvalue weighted by atomic mass is 19.1. The number of hydrogen-bond acceptors (Lipinski definition) is 7. The molecular weight excluding hydrogens is 531 g/mol. The van der Waals surface area contributed by atoms with Crippen molar-refractivity contribution < 1.29 is 33.4 Å². The molecule has 210 valence electrons. The number of carboxylic acid groups (broad SMARTS) is 1. The van der Waals surface area contributed by atoms with Crippen LogP contribution < -0.4 is 15.5 Å². The molecular formula is C30H27FN4O6. The molecule has 0 aliphatic carbocycles. The van der Waals surface area contributed by atoms with Gasteiger partial charge in [-0.2, -0.15) is 5.26 Å². The van der Waals surface area contributed by atoms with Crippen LogP contribution in [0.2, 0.25) is 0 Å². The van der Waals surface area contributed by atoms with E-state index in [4.69, 9.17) is 14.7 Å². The molecule has 0 aromatic heterocycles. The summed E-state index contributed by atoms with van der Waals surface area (Å²) in [4.78, 5) is 39.4. The van der Waals surface area contributed by atoms with Crippen LogP contribution in [0.3, 0.4) is 0 Å². The zero-order valence-electron chi connectivity index (χ0n) is 22.0. The van der Waals surface area contributed by atoms with Gasteiger partial charge in [0.25, 0.3) is 0 Å². The predicted octanol–water partition coefficient (Wildman–Crippen LogP) is 5.01. The molecule has 0 unspecified atom stereocenters. The van der Waals surface area contributed by atoms with Crippen molar-refractivity contribution in [2.45, 2.75) is 25.0 Å². The van der Waals surface area contributed by atoms with Crippen LogP contribution in [0.25, 0.3) is 11.1 Å². The van der Waals surface area contributed by atoms with Crippen molar-refractivity contribution in [3.8, 4) is 17.2 Å². The highest BCUT2D eigenvalue weighted by molar-refractivity contribution is 6.12. The van der Waals surface area contributed by atoms with Crippen molar-refractivity contribution in [1.29, 1.82) is 5.26 Å². The van der Waals surface area contributed by atoms with Gasteiger partial charge >= 0.3 is 6.09 Å². The summed E-state index contributed by atoms with van der Waals surface area (Å²) in [6.45, 7) is 2.06. The normalized spacial score (nSPS) is 15.8. The van der Waals surface area contributed by atoms with Crippen LogP contribution in [-0.4, -0.2) is 55.0 Å². The smallest absolute Gasteiger partial charge is 0.409 e. The number of nitriles is 1. The van der Waals surface area contributed by atoms with E-state index in [-0.39, 0.29) is 28.1 Å². The lowest BCUT2D eigenvalue weighted by Gasteiger charge is -2.39. The van der Waals surface area contributed by atoms with Gasteiger partial charge in [0, 0.05) is 48.3 Å². The Morgan fingerprint density at radius 3 is 2.34 bits per heavy atom. The fourth-order valence-electron chi connectivity index (χ4n) is 5.15. The van der Waals surface area contributed by atoms with Crippen LogP contribution in [0.1, 0.15) is 35.2 Å². The molecule has 2 aliphatic rings. The summed E-state index contributed by atoms with van der Waals surface area (Å²) in [5.41, 5.74) is 1.87. The molecule has 2 aliphatic heterocycles. The number of Topliss-reactive ketones (excluding diaryl/α,β-unsaturated/α-hetero) is 1. The van der Waals surface area contributed by atoms with Crippen molar-refractivity contribution in [2.75, 3.05) is 41.8 Å². The van der Waals surface area contributed by atoms with E-state index in [9.17, 15) is 19.5 Å². The number of carbonyl (C=O) groups excluding carboxylic acids is 2. The van der Waals surface area contributed by atoms with E-state index in [1.54, 1.807) is 36.4 Å². The van der Waals surface area contributed by atoms with E-state index in [2.05, 4.69) is 10.6 Å². The van der Waals surface area contributed by atoms with E-state index in [0.29, 0.717) is 50.4 Å². The van der Waals surface area contributed by atoms with Gasteiger partial charge in [-0.05, 0) is 30.3 Å². The lowest BCUT2D eigenvalue weighted by Crippen LogP contribution is -2.45. The van der Waals surface area contributed by atoms with Crippen molar-refractivity contribution in [3.05, 3.63) is 77.6 Å². The van der Waals surface area contributed by atoms with E-state index >= 15 is 4.39 Å². The lowest BCUT2D eigenvalue weighted by atomic mass is 9.97. The van der Waals surface area contributed by atoms with Crippen LogP contribution in [0.5, 0.6) is 0 Å². The average Bonchev–Trinajstić information content (AvgIpc) is 3.42. The van der Waals surface area contributed by atoms with E-state index < -0.39 is 35.8 Å². The maximum Gasteiger partial charge on any atom is 0.409 e. The molecule has 2 amide bonds. The molecule has 5 rings (SSSR count). The van der Waals surface area contributed by atoms with Crippen LogP contribution in [0.15, 0.2) is 60.7 Å². The van der Waals surface area contributed by atoms with Gasteiger partial charge in [0.1, 0.15) is 5.82 Å². The van der Waals surface area contributed by atoms with E-state index in [1.165, 1.54) is 24.3 Å². The Hall–Kier alpha value is -4.79. The minimum absolute atomic E-state index is 0.0634. The van der Waals surface area contributed by atoms with Gasteiger partial charge in [0.15, 0.2) is 11.6 Å². The Bertz CT molecular complexity index is 1540. The third kappa shape index (κ3) is 6.19. The summed E-state index contributed by atoms with van der Waals surface area (Å²) in [6, 6.07) is 17.2. The zero-order chi connectivity index (χ0) is 29.0. The number of piperidine rings is 1. The highest BCUT2D eigenvalue weighted by Crippen LogP contribution is 2.42. The average molecular weight is 559 g/mol. The second-order valence-electron chi connectivity index (χ2n) is 9.76. The van der Waals surface area contributed by atoms with Crippen molar-refractivity contribution in [3.63, 3.8) is 0 Å². The number of anilines is 3. The van der Waals surface area contributed by atoms with E-state index in [0.717, 1.165) is 0 Å². The number of ether oxygens (including phenoxy) is 2. The van der Waals surface area contributed by atoms with Crippen LogP contribution >= 0.6 is 0 Å². The molecule has 0 atom stereocenters. The van der Waals surface area contributed by atoms with Crippen molar-refractivity contribution in [2.24, 2.45) is 0 Å². The first-order valence-electron chi connectivity index (χ1n) is 13.1. The summed E-state index contributed by atoms with van der Waals surface area (Å²) >= 11 is 0. The van der Waals surface area contributed by atoms with Crippen molar-refractivity contribution in [1.82, 2.24) is 0 Å². The number of nitrogens with one attached hydrogen (secondary N) is 2. The molecule has 2 saturated heterocycles. The van der Waals surface area contributed by atoms with Crippen LogP contribution in [-0.2, 0) is 14.3 Å². The lowest BCUT2D eigenvalue weighted by molar-refractivity contribution is -0.169. The predicted molar refractivity (Wildman–Crippen MR) is 148 cm³/mol. The van der Waals surface area contributed by atoms with Gasteiger partial charge in [-0.25, -0.2) is 9.18 Å². The Morgan fingerprint density at radius 2 is 1.66 bits per heavy atom. The number of benzene rings is 3. The summed E-state index contributed by atoms with van der Waals surface area (Å²) in [5.74, 6) is -2.36. The van der Waals surface area contributed by atoms with Crippen molar-refractivity contribution >= 4 is 34.8 Å². The summed E-state index contributed by atoms with van der Waals surface area (Å²) in [7, 11) is 0. The second-order valence-corrected chi connectivity index (χ2v) is 9.76. The number of carbonyl (C=O) groups is 3. The van der Waals surface area contributed by atoms with Crippen LogP contribution in [0.4, 0.5) is 26.2 Å². The second kappa shape index (κ2) is 11.8. The first-order valence-corrected chi connectivity index (χ1v) is 13.1. The maximum absolute atomic E-state index is 15.1. The number of rotatable bonds is 7. The first-order chi connectivity index (χ1) is 19.8. The first kappa shape index (κ1) is 27.8. The number of amides is 2. The Labute approximate surface area is 235 Å². The molecule has 10 nitrogen and oxygen atoms in total. The summed E-state index contributed by atoms with van der Waals surface area (Å²) in [5, 5.41) is 23.5. The molecule has 3 aromatic rings. The number of halogens is 1. The van der Waals surface area contributed by atoms with Gasteiger partial charge in [0.2, 0.25) is 5.91 Å². The number of ketones is 1. The zero-order valence-corrected chi connectivity index (χ0v) is 22.0. The largest absolute Gasteiger partial charge is 0.465 e. The van der Waals surface area contributed by atoms with E-state index in [1.807, 2.05) is 11.0 Å². The molecule has 2 fully saturated rings. The molecule has 41 heavy (non-hydrogen) atoms. The van der Waals surface area contributed by atoms with Gasteiger partial charge < -0.3 is 24.8 Å². The minimum atomic E-state index is -1.36. The van der Waals surface area contributed by atoms with Crippen LogP contribution in [0, 0.1) is 17.1 Å². The molecule has 11 heteroatoms. The quantitative estimate of drug-likeness (QED) is 0.272. The van der Waals surface area contributed by atoms with Gasteiger partial charge in [-0.1, -0.05) is 30.3 Å². The molecule has 0 radical (unpaired) electrons. The third-order valence-corrected chi connectivity index (χ3v) is 7.13. The number of hydrogen-bond donors (Lipinski definition) is 3. The molecule has 1 spiro atoms. The SMILES string of the molecule is N#Cc1cccc(C(=O)CC(=O)Nc2cc(-c3ccccc3F)c(N3CCC4(CC3)OCCO4)cc2NC(=O)O)c1. The maximum atomic E-state index is 15.1. The Balaban J connectivity index is 1.48. The molecule has 3 N–H and O–H groups in total. The standard InChI is InChI=1S/C30H27FN4O6/c31-23-7-2-1-6-21(23)22-15-24(33-28(37)17-27(36)20-5-3-4-19(14-20)18-32)25(34-29(38)39)16-26(22)35-10-8-30(9-11-35)40-12-13-41-30/h1-7,14-16,34H,8-13,17H2,(H,33,37)(H,38,39). The van der Waals surface area contributed by atoms with Gasteiger partial charge in [-0.3, -0.25) is 14.9 Å². The monoisotopic (exact) mass is 558 g/mol. The molecule has 0 bridgehead atoms. The highest BCUT2D eigenvalue weighted by Gasteiger charge is 2.40. The third-order valence-electron chi connectivity index (χ3n) is 7.13. The summed E-state index contributed by atoms with van der Waals surface area (Å²) < 4.78 is 26.7. The molecule has 2 heterocycles. The Morgan fingerprint density at radius 1 is 0.951 bits per heavy atom. The Kier molecular flexibility index (Phi) is 7.96. The fourth-order valence-corrected chi connectivity index (χ4v) is 5.15. The topological polar surface area (TPSA) is 141 Å². The number of nitrogens with zero attached hydrogens (tertiary/aromatic N) is 2. The van der Waals surface area contributed by atoms with Gasteiger partial charge in [-0.15, -0.1) is 0 Å². The molecule has 3 aromatic carbocycles.